The van der Waals surface area contributed by atoms with Crippen molar-refractivity contribution in [1.82, 2.24) is 0 Å². The Hall–Kier alpha value is -1.76. The molecule has 8 heteroatoms. The van der Waals surface area contributed by atoms with Crippen LogP contribution in [0.25, 0.3) is 5.53 Å². The molecule has 1 heterocycles. The number of ether oxygens (including phenoxy) is 4. The Balaban J connectivity index is 2.97. The van der Waals surface area contributed by atoms with Crippen molar-refractivity contribution in [2.24, 2.45) is 0 Å². The van der Waals surface area contributed by atoms with E-state index in [0.717, 1.165) is 0 Å². The van der Waals surface area contributed by atoms with E-state index in [-0.39, 0.29) is 13.2 Å². The molecule has 1 saturated heterocycles. The third kappa shape index (κ3) is 4.12. The lowest BCUT2D eigenvalue weighted by atomic mass is 10.1. The van der Waals surface area contributed by atoms with Gasteiger partial charge in [-0.2, -0.15) is 4.79 Å². The summed E-state index contributed by atoms with van der Waals surface area (Å²) in [6.45, 7) is 6.32. The third-order valence-electron chi connectivity index (χ3n) is 2.52. The molecule has 0 bridgehead atoms. The molecule has 0 N–H and O–H groups in total. The van der Waals surface area contributed by atoms with Gasteiger partial charge in [-0.15, -0.1) is 0 Å². The summed E-state index contributed by atoms with van der Waals surface area (Å²) in [7, 11) is 0. The SMILES string of the molecule is CCOC(=O)C(=[N+]=[N-])[C@H](OC(C)=O)[C@H]1COC(C)(C)O1. The van der Waals surface area contributed by atoms with Crippen LogP contribution >= 0.6 is 0 Å². The maximum Gasteiger partial charge on any atom is 0.421 e. The maximum atomic E-state index is 11.7. The summed E-state index contributed by atoms with van der Waals surface area (Å²) in [6, 6.07) is 0. The molecule has 0 amide bonds. The van der Waals surface area contributed by atoms with Gasteiger partial charge in [-0.25, -0.2) is 4.79 Å². The second-order valence-electron chi connectivity index (χ2n) is 4.60. The monoisotopic (exact) mass is 286 g/mol. The van der Waals surface area contributed by atoms with Gasteiger partial charge in [0.25, 0.3) is 0 Å². The largest absolute Gasteiger partial charge is 0.457 e. The molecule has 0 saturated carbocycles. The van der Waals surface area contributed by atoms with Gasteiger partial charge in [-0.3, -0.25) is 4.79 Å². The second-order valence-corrected chi connectivity index (χ2v) is 4.60. The minimum atomic E-state index is -1.20. The molecule has 1 aliphatic rings. The fraction of sp³-hybridized carbons (Fsp3) is 0.750. The predicted molar refractivity (Wildman–Crippen MR) is 65.7 cm³/mol. The zero-order chi connectivity index (χ0) is 15.3. The Kier molecular flexibility index (Phi) is 5.38. The van der Waals surface area contributed by atoms with E-state index in [4.69, 9.17) is 24.5 Å². The molecule has 0 aliphatic carbocycles. The highest BCUT2D eigenvalue weighted by Crippen LogP contribution is 2.26. The number of esters is 2. The van der Waals surface area contributed by atoms with E-state index in [2.05, 4.69) is 4.79 Å². The number of carbonyl (C=O) groups is 2. The summed E-state index contributed by atoms with van der Waals surface area (Å²) in [6.07, 6.45) is -1.96. The number of carbonyl (C=O) groups excluding carboxylic acids is 2. The second kappa shape index (κ2) is 6.60. The Morgan fingerprint density at radius 2 is 2.15 bits per heavy atom. The average Bonchev–Trinajstić information content (AvgIpc) is 2.69. The van der Waals surface area contributed by atoms with Crippen LogP contribution in [0.4, 0.5) is 0 Å². The first kappa shape index (κ1) is 16.3. The van der Waals surface area contributed by atoms with Crippen LogP contribution in [0.1, 0.15) is 27.7 Å². The first-order valence-electron chi connectivity index (χ1n) is 6.18. The van der Waals surface area contributed by atoms with Crippen molar-refractivity contribution < 1.29 is 33.3 Å². The van der Waals surface area contributed by atoms with Crippen molar-refractivity contribution in [2.45, 2.75) is 45.7 Å². The molecule has 1 rings (SSSR count). The summed E-state index contributed by atoms with van der Waals surface area (Å²) in [5.41, 5.74) is 8.56. The first-order chi connectivity index (χ1) is 9.30. The normalized spacial score (nSPS) is 21.7. The number of hydrogen-bond donors (Lipinski definition) is 0. The molecule has 112 valence electrons. The van der Waals surface area contributed by atoms with E-state index in [1.165, 1.54) is 6.92 Å². The van der Waals surface area contributed by atoms with E-state index in [1.807, 2.05) is 0 Å². The van der Waals surface area contributed by atoms with Gasteiger partial charge in [0.1, 0.15) is 6.10 Å². The first-order valence-corrected chi connectivity index (χ1v) is 6.18. The summed E-state index contributed by atoms with van der Waals surface area (Å²) < 4.78 is 20.6. The van der Waals surface area contributed by atoms with E-state index in [0.29, 0.717) is 0 Å². The summed E-state index contributed by atoms with van der Waals surface area (Å²) in [4.78, 5) is 25.8. The molecule has 8 nitrogen and oxygen atoms in total. The highest BCUT2D eigenvalue weighted by molar-refractivity contribution is 6.36. The molecule has 2 atom stereocenters. The lowest BCUT2D eigenvalue weighted by molar-refractivity contribution is -0.168. The lowest BCUT2D eigenvalue weighted by Crippen LogP contribution is -2.44. The van der Waals surface area contributed by atoms with E-state index in [1.54, 1.807) is 20.8 Å². The number of rotatable bonds is 5. The van der Waals surface area contributed by atoms with Crippen LogP contribution in [0.3, 0.4) is 0 Å². The van der Waals surface area contributed by atoms with Crippen LogP contribution < -0.4 is 0 Å². The summed E-state index contributed by atoms with van der Waals surface area (Å²) in [5.74, 6) is -2.40. The third-order valence-corrected chi connectivity index (χ3v) is 2.52. The average molecular weight is 286 g/mol. The van der Waals surface area contributed by atoms with Gasteiger partial charge in [0.05, 0.1) is 13.2 Å². The van der Waals surface area contributed by atoms with Crippen LogP contribution in [-0.2, 0) is 28.5 Å². The molecule has 0 spiro atoms. The van der Waals surface area contributed by atoms with Crippen molar-refractivity contribution in [2.75, 3.05) is 13.2 Å². The van der Waals surface area contributed by atoms with Crippen LogP contribution in [0.15, 0.2) is 0 Å². The van der Waals surface area contributed by atoms with Crippen LogP contribution in [-0.4, -0.2) is 53.6 Å². The Bertz CT molecular complexity index is 441. The van der Waals surface area contributed by atoms with Crippen molar-refractivity contribution >= 4 is 17.7 Å². The molecule has 0 aromatic rings. The Morgan fingerprint density at radius 3 is 2.55 bits per heavy atom. The van der Waals surface area contributed by atoms with Crippen molar-refractivity contribution in [3.8, 4) is 0 Å². The van der Waals surface area contributed by atoms with Gasteiger partial charge in [-0.05, 0) is 20.8 Å². The zero-order valence-corrected chi connectivity index (χ0v) is 11.9. The molecule has 0 aromatic heterocycles. The molecular weight excluding hydrogens is 268 g/mol. The van der Waals surface area contributed by atoms with E-state index in [9.17, 15) is 9.59 Å². The minimum absolute atomic E-state index is 0.0867. The predicted octanol–water partition coefficient (Wildman–Crippen LogP) is 0.303. The number of hydrogen-bond acceptors (Lipinski definition) is 6. The van der Waals surface area contributed by atoms with Crippen molar-refractivity contribution in [3.05, 3.63) is 5.53 Å². The Morgan fingerprint density at radius 1 is 1.50 bits per heavy atom. The Labute approximate surface area is 116 Å². The van der Waals surface area contributed by atoms with Gasteiger partial charge in [-0.1, -0.05) is 0 Å². The van der Waals surface area contributed by atoms with Crippen molar-refractivity contribution in [3.63, 3.8) is 0 Å². The summed E-state index contributed by atoms with van der Waals surface area (Å²) >= 11 is 0. The zero-order valence-electron chi connectivity index (χ0n) is 11.9. The van der Waals surface area contributed by atoms with E-state index >= 15 is 0 Å². The van der Waals surface area contributed by atoms with Gasteiger partial charge in [0.15, 0.2) is 5.79 Å². The smallest absolute Gasteiger partial charge is 0.421 e. The maximum absolute atomic E-state index is 11.7. The van der Waals surface area contributed by atoms with Gasteiger partial charge in [0.2, 0.25) is 6.10 Å². The minimum Gasteiger partial charge on any atom is -0.457 e. The molecule has 0 aromatic carbocycles. The van der Waals surface area contributed by atoms with Gasteiger partial charge < -0.3 is 24.5 Å². The molecule has 0 radical (unpaired) electrons. The summed E-state index contributed by atoms with van der Waals surface area (Å²) in [5, 5.41) is 0. The van der Waals surface area contributed by atoms with Gasteiger partial charge in [0, 0.05) is 6.92 Å². The van der Waals surface area contributed by atoms with Gasteiger partial charge >= 0.3 is 17.7 Å². The molecule has 20 heavy (non-hydrogen) atoms. The quantitative estimate of drug-likeness (QED) is 0.311. The topological polar surface area (TPSA) is 107 Å². The highest BCUT2D eigenvalue weighted by atomic mass is 16.8. The van der Waals surface area contributed by atoms with Crippen LogP contribution in [0.5, 0.6) is 0 Å². The number of nitrogens with zero attached hydrogens (tertiary/aromatic N) is 2. The molecular formula is C12H18N2O6. The molecule has 1 fully saturated rings. The van der Waals surface area contributed by atoms with Crippen LogP contribution in [0, 0.1) is 0 Å². The fourth-order valence-corrected chi connectivity index (χ4v) is 1.77. The lowest BCUT2D eigenvalue weighted by Gasteiger charge is -2.20. The fourth-order valence-electron chi connectivity index (χ4n) is 1.77. The molecule has 1 aliphatic heterocycles. The van der Waals surface area contributed by atoms with Crippen molar-refractivity contribution in [1.29, 1.82) is 0 Å². The molecule has 0 unspecified atom stereocenters. The van der Waals surface area contributed by atoms with Crippen LogP contribution in [0.2, 0.25) is 0 Å². The standard InChI is InChI=1S/C12H18N2O6/c1-5-17-11(16)9(14-13)10(19-7(2)15)8-6-18-12(3,4)20-8/h8,10H,5-6H2,1-4H3/t8-,10-/m1/s1. The highest BCUT2D eigenvalue weighted by Gasteiger charge is 2.47. The van der Waals surface area contributed by atoms with E-state index < -0.39 is 35.6 Å².